The number of carbonyl (C=O) groups excluding carboxylic acids is 1. The summed E-state index contributed by atoms with van der Waals surface area (Å²) in [4.78, 5) is 17.1. The van der Waals surface area contributed by atoms with Crippen LogP contribution in [0.3, 0.4) is 0 Å². The van der Waals surface area contributed by atoms with Gasteiger partial charge in [-0.25, -0.2) is 12.8 Å². The fraction of sp³-hybridized carbons (Fsp3) is 0.111. The van der Waals surface area contributed by atoms with Crippen LogP contribution in [0.2, 0.25) is 0 Å². The van der Waals surface area contributed by atoms with E-state index in [-0.39, 0.29) is 10.8 Å². The molecule has 0 aliphatic heterocycles. The molecule has 0 saturated heterocycles. The van der Waals surface area contributed by atoms with Gasteiger partial charge in [0.2, 0.25) is 0 Å². The summed E-state index contributed by atoms with van der Waals surface area (Å²) in [5.74, 6) is -0.966. The zero-order valence-electron chi connectivity index (χ0n) is 18.8. The number of pyridine rings is 1. The second-order valence-electron chi connectivity index (χ2n) is 7.88. The van der Waals surface area contributed by atoms with Gasteiger partial charge >= 0.3 is 0 Å². The fourth-order valence-corrected chi connectivity index (χ4v) is 5.19. The molecule has 1 aromatic heterocycles. The van der Waals surface area contributed by atoms with Crippen LogP contribution >= 0.6 is 0 Å². The van der Waals surface area contributed by atoms with Gasteiger partial charge in [0.05, 0.1) is 4.90 Å². The molecule has 35 heavy (non-hydrogen) atoms. The largest absolute Gasteiger partial charge is 0.352 e. The van der Waals surface area contributed by atoms with E-state index in [2.05, 4.69) is 10.3 Å². The highest BCUT2D eigenvalue weighted by molar-refractivity contribution is 7.91. The van der Waals surface area contributed by atoms with Crippen molar-refractivity contribution in [3.63, 3.8) is 0 Å². The summed E-state index contributed by atoms with van der Waals surface area (Å²) in [7, 11) is -4.09. The first-order valence-electron chi connectivity index (χ1n) is 11.0. The van der Waals surface area contributed by atoms with Crippen LogP contribution in [0, 0.1) is 5.82 Å². The number of nitrogens with zero attached hydrogens (tertiary/aromatic N) is 1. The van der Waals surface area contributed by atoms with E-state index < -0.39 is 21.0 Å². The van der Waals surface area contributed by atoms with E-state index in [1.54, 1.807) is 54.7 Å². The Morgan fingerprint density at radius 3 is 2.37 bits per heavy atom. The van der Waals surface area contributed by atoms with Gasteiger partial charge in [0.15, 0.2) is 9.84 Å². The maximum Gasteiger partial charge on any atom is 0.251 e. The summed E-state index contributed by atoms with van der Waals surface area (Å²) in [5, 5.41) is 1.44. The third-order valence-corrected chi connectivity index (χ3v) is 7.41. The number of aromatic nitrogens is 1. The minimum atomic E-state index is -4.09. The molecule has 0 saturated carbocycles. The number of rotatable bonds is 8. The van der Waals surface area contributed by atoms with Gasteiger partial charge in [0.25, 0.3) is 5.91 Å². The Labute approximate surface area is 203 Å². The van der Waals surface area contributed by atoms with Crippen LogP contribution in [0.15, 0.2) is 102 Å². The number of carbonyl (C=O) groups is 1. The molecule has 178 valence electrons. The van der Waals surface area contributed by atoms with Crippen LogP contribution < -0.4 is 11.1 Å². The van der Waals surface area contributed by atoms with E-state index in [0.29, 0.717) is 35.2 Å². The van der Waals surface area contributed by atoms with E-state index in [0.717, 1.165) is 11.8 Å². The smallest absolute Gasteiger partial charge is 0.251 e. The topological polar surface area (TPSA) is 102 Å². The molecule has 0 aliphatic carbocycles. The molecular weight excluding hydrogens is 465 g/mol. The van der Waals surface area contributed by atoms with Gasteiger partial charge in [-0.3, -0.25) is 9.78 Å². The lowest BCUT2D eigenvalue weighted by Gasteiger charge is -2.19. The van der Waals surface area contributed by atoms with Crippen LogP contribution in [-0.2, 0) is 16.3 Å². The third-order valence-electron chi connectivity index (χ3n) is 5.58. The average molecular weight is 490 g/mol. The Bertz CT molecular complexity index is 1440. The molecule has 6 nitrogen and oxygen atoms in total. The summed E-state index contributed by atoms with van der Waals surface area (Å²) in [6, 6.07) is 24.0. The molecule has 8 heteroatoms. The van der Waals surface area contributed by atoms with Crippen molar-refractivity contribution in [1.82, 2.24) is 10.3 Å². The highest BCUT2D eigenvalue weighted by Crippen LogP contribution is 2.34. The maximum atomic E-state index is 13.7. The molecule has 4 rings (SSSR count). The van der Waals surface area contributed by atoms with Crippen molar-refractivity contribution in [3.05, 3.63) is 120 Å². The van der Waals surface area contributed by atoms with Crippen LogP contribution in [0.1, 0.15) is 27.0 Å². The second-order valence-corrected chi connectivity index (χ2v) is 9.95. The van der Waals surface area contributed by atoms with Gasteiger partial charge in [-0.05, 0) is 53.1 Å². The predicted octanol–water partition coefficient (Wildman–Crippen LogP) is 4.29. The summed E-state index contributed by atoms with van der Waals surface area (Å²) < 4.78 is 40.1. The van der Waals surface area contributed by atoms with Crippen LogP contribution in [0.5, 0.6) is 0 Å². The molecular formula is C27H24FN3O3S. The van der Waals surface area contributed by atoms with Gasteiger partial charge < -0.3 is 11.1 Å². The van der Waals surface area contributed by atoms with Gasteiger partial charge in [-0.2, -0.15) is 0 Å². The van der Waals surface area contributed by atoms with Gasteiger partial charge in [-0.1, -0.05) is 54.6 Å². The number of amides is 1. The van der Waals surface area contributed by atoms with E-state index >= 15 is 0 Å². The van der Waals surface area contributed by atoms with E-state index in [1.807, 2.05) is 18.2 Å². The van der Waals surface area contributed by atoms with Crippen molar-refractivity contribution in [2.45, 2.75) is 16.7 Å². The molecule has 0 aliphatic rings. The third kappa shape index (κ3) is 5.45. The Kier molecular flexibility index (Phi) is 7.33. The molecule has 1 heterocycles. The predicted molar refractivity (Wildman–Crippen MR) is 133 cm³/mol. The second kappa shape index (κ2) is 10.6. The number of sulfone groups is 1. The average Bonchev–Trinajstić information content (AvgIpc) is 2.89. The van der Waals surface area contributed by atoms with Crippen molar-refractivity contribution in [1.29, 1.82) is 0 Å². The number of halogens is 1. The zero-order chi connectivity index (χ0) is 24.8. The molecule has 1 atom stereocenters. The van der Waals surface area contributed by atoms with E-state index in [1.165, 1.54) is 18.2 Å². The summed E-state index contributed by atoms with van der Waals surface area (Å²) in [5.41, 5.74) is 8.86. The number of hydrogen-bond acceptors (Lipinski definition) is 5. The molecule has 3 N–H and O–H groups in total. The monoisotopic (exact) mass is 489 g/mol. The lowest BCUT2D eigenvalue weighted by atomic mass is 9.95. The van der Waals surface area contributed by atoms with Crippen LogP contribution in [0.25, 0.3) is 11.1 Å². The fourth-order valence-electron chi connectivity index (χ4n) is 3.81. The minimum absolute atomic E-state index is 0.208. The van der Waals surface area contributed by atoms with Gasteiger partial charge in [-0.15, -0.1) is 0 Å². The first kappa shape index (κ1) is 24.3. The molecule has 3 aromatic carbocycles. The first-order chi connectivity index (χ1) is 16.9. The normalized spacial score (nSPS) is 12.2. The lowest BCUT2D eigenvalue weighted by molar-refractivity contribution is 0.0954. The van der Waals surface area contributed by atoms with Crippen molar-refractivity contribution >= 4 is 15.7 Å². The quantitative estimate of drug-likeness (QED) is 0.384. The first-order valence-corrected chi connectivity index (χ1v) is 12.5. The highest BCUT2D eigenvalue weighted by atomic mass is 32.2. The summed E-state index contributed by atoms with van der Waals surface area (Å²) in [6.07, 6.45) is 2.27. The molecule has 4 aromatic rings. The molecule has 1 unspecified atom stereocenters. The van der Waals surface area contributed by atoms with Crippen LogP contribution in [-0.4, -0.2) is 25.9 Å². The number of nitrogens with one attached hydrogen (secondary N) is 1. The Morgan fingerprint density at radius 2 is 1.63 bits per heavy atom. The Morgan fingerprint density at radius 1 is 0.914 bits per heavy atom. The van der Waals surface area contributed by atoms with Gasteiger partial charge in [0.1, 0.15) is 11.2 Å². The van der Waals surface area contributed by atoms with E-state index in [4.69, 9.17) is 5.73 Å². The van der Waals surface area contributed by atoms with Gasteiger partial charge in [0, 0.05) is 30.4 Å². The van der Waals surface area contributed by atoms with Crippen molar-refractivity contribution in [2.24, 2.45) is 5.73 Å². The molecule has 0 fully saturated rings. The Balaban J connectivity index is 1.64. The number of nitrogens with two attached hydrogens (primary N) is 1. The van der Waals surface area contributed by atoms with Crippen molar-refractivity contribution in [3.8, 4) is 11.1 Å². The highest BCUT2D eigenvalue weighted by Gasteiger charge is 2.28. The van der Waals surface area contributed by atoms with E-state index in [9.17, 15) is 17.6 Å². The standard InChI is InChI=1S/C27H24FN3O3S/c28-19-8-7-10-21(18-19)35(33,34)26(29)24-13-3-1-11-22(24)23-12-2-4-14-25(23)27(32)31-17-15-20-9-5-6-16-30-20/h1-14,16,18,26H,15,17,29H2,(H,31,32). The molecule has 0 spiro atoms. The SMILES string of the molecule is NC(c1ccccc1-c1ccccc1C(=O)NCCc1ccccn1)S(=O)(=O)c1cccc(F)c1. The molecule has 0 bridgehead atoms. The minimum Gasteiger partial charge on any atom is -0.352 e. The summed E-state index contributed by atoms with van der Waals surface area (Å²) in [6.45, 7) is 0.388. The zero-order valence-corrected chi connectivity index (χ0v) is 19.6. The molecule has 0 radical (unpaired) electrons. The summed E-state index contributed by atoms with van der Waals surface area (Å²) >= 11 is 0. The number of benzene rings is 3. The number of hydrogen-bond donors (Lipinski definition) is 2. The lowest BCUT2D eigenvalue weighted by Crippen LogP contribution is -2.27. The Hall–Kier alpha value is -3.88. The van der Waals surface area contributed by atoms with Crippen LogP contribution in [0.4, 0.5) is 4.39 Å². The molecule has 1 amide bonds. The van der Waals surface area contributed by atoms with Crippen molar-refractivity contribution < 1.29 is 17.6 Å². The van der Waals surface area contributed by atoms with Crippen molar-refractivity contribution in [2.75, 3.05) is 6.54 Å². The maximum absolute atomic E-state index is 13.7.